The topological polar surface area (TPSA) is 103 Å². The normalized spacial score (nSPS) is 21.9. The van der Waals surface area contributed by atoms with Crippen LogP contribution in [0.1, 0.15) is 29.7 Å². The Bertz CT molecular complexity index is 1130. The summed E-state index contributed by atoms with van der Waals surface area (Å²) in [6.07, 6.45) is 6.50. The number of nitrogen functional groups attached to an aromatic ring is 1. The number of hydrogen-bond acceptors (Lipinski definition) is 7. The molecule has 6 nitrogen and oxygen atoms in total. The molecule has 3 heterocycles. The first-order chi connectivity index (χ1) is 14.9. The number of nitrogens with one attached hydrogen (secondary N) is 1. The molecule has 3 aromatic rings. The van der Waals surface area contributed by atoms with Crippen molar-refractivity contribution in [3.8, 4) is 0 Å². The second-order valence-corrected chi connectivity index (χ2v) is 9.96. The van der Waals surface area contributed by atoms with Gasteiger partial charge in [0.2, 0.25) is 0 Å². The van der Waals surface area contributed by atoms with Gasteiger partial charge in [-0.2, -0.15) is 0 Å². The van der Waals surface area contributed by atoms with Crippen molar-refractivity contribution in [2.75, 3.05) is 18.8 Å². The third kappa shape index (κ3) is 3.39. The van der Waals surface area contributed by atoms with E-state index in [0.29, 0.717) is 20.8 Å². The molecular weight excluding hydrogens is 451 g/mol. The van der Waals surface area contributed by atoms with E-state index in [0.717, 1.165) is 43.6 Å². The lowest BCUT2D eigenvalue weighted by Gasteiger charge is -2.46. The quantitative estimate of drug-likeness (QED) is 0.494. The van der Waals surface area contributed by atoms with E-state index < -0.39 is 5.54 Å². The van der Waals surface area contributed by atoms with Gasteiger partial charge in [0, 0.05) is 10.3 Å². The van der Waals surface area contributed by atoms with E-state index in [1.165, 1.54) is 17.3 Å². The first-order valence-electron chi connectivity index (χ1n) is 10.1. The number of pyridine rings is 1. The molecule has 0 saturated carbocycles. The minimum Gasteiger partial charge on any atom is -0.384 e. The van der Waals surface area contributed by atoms with Gasteiger partial charge in [-0.25, -0.2) is 9.97 Å². The molecule has 1 atom stereocenters. The Morgan fingerprint density at radius 2 is 1.84 bits per heavy atom. The number of nitrogens with two attached hydrogens (primary N) is 2. The molecule has 1 aromatic carbocycles. The van der Waals surface area contributed by atoms with Crippen molar-refractivity contribution in [2.24, 2.45) is 11.1 Å². The predicted octanol–water partition coefficient (Wildman–Crippen LogP) is 4.04. The second kappa shape index (κ2) is 7.90. The monoisotopic (exact) mass is 472 g/mol. The minimum absolute atomic E-state index is 0.0678. The number of fused-ring (bicyclic) bond motifs is 1. The van der Waals surface area contributed by atoms with Crippen LogP contribution in [0.5, 0.6) is 0 Å². The summed E-state index contributed by atoms with van der Waals surface area (Å²) in [6.45, 7) is 1.91. The first kappa shape index (κ1) is 21.0. The average Bonchev–Trinajstić information content (AvgIpc) is 3.01. The maximum Gasteiger partial charge on any atom is 0.151 e. The lowest BCUT2D eigenvalue weighted by molar-refractivity contribution is 0.117. The van der Waals surface area contributed by atoms with Crippen molar-refractivity contribution in [1.82, 2.24) is 20.3 Å². The summed E-state index contributed by atoms with van der Waals surface area (Å²) in [7, 11) is 0. The Balaban J connectivity index is 1.52. The van der Waals surface area contributed by atoms with Crippen molar-refractivity contribution in [1.29, 1.82) is 0 Å². The summed E-state index contributed by atoms with van der Waals surface area (Å²) >= 11 is 13.7. The van der Waals surface area contributed by atoms with E-state index in [1.807, 2.05) is 0 Å². The number of aromatic nitrogens is 3. The van der Waals surface area contributed by atoms with Crippen molar-refractivity contribution >= 4 is 40.8 Å². The fraction of sp³-hybridized carbons (Fsp3) is 0.318. The Labute approximate surface area is 195 Å². The SMILES string of the molecule is Nc1cc(Sc2cnc(C3(N)c4ccccc4CC34CCNCC4)cn2)c(Cl)c(Cl)n1. The van der Waals surface area contributed by atoms with E-state index in [2.05, 4.69) is 39.6 Å². The number of piperidine rings is 1. The van der Waals surface area contributed by atoms with Gasteiger partial charge in [-0.15, -0.1) is 0 Å². The molecule has 0 amide bonds. The van der Waals surface area contributed by atoms with Gasteiger partial charge in [-0.1, -0.05) is 59.2 Å². The molecule has 5 rings (SSSR count). The summed E-state index contributed by atoms with van der Waals surface area (Å²) in [6, 6.07) is 10.1. The Morgan fingerprint density at radius 3 is 2.58 bits per heavy atom. The number of anilines is 1. The fourth-order valence-corrected chi connectivity index (χ4v) is 6.26. The van der Waals surface area contributed by atoms with Crippen LogP contribution in [-0.4, -0.2) is 28.0 Å². The molecule has 1 aliphatic heterocycles. The van der Waals surface area contributed by atoms with E-state index in [-0.39, 0.29) is 10.6 Å². The zero-order chi connectivity index (χ0) is 21.6. The Kier molecular flexibility index (Phi) is 5.35. The van der Waals surface area contributed by atoms with Gasteiger partial charge < -0.3 is 16.8 Å². The van der Waals surface area contributed by atoms with Gasteiger partial charge in [0.05, 0.1) is 28.6 Å². The lowest BCUT2D eigenvalue weighted by atomic mass is 9.63. The molecule has 9 heteroatoms. The van der Waals surface area contributed by atoms with Gasteiger partial charge in [0.15, 0.2) is 5.15 Å². The summed E-state index contributed by atoms with van der Waals surface area (Å²) in [4.78, 5) is 14.1. The number of halogens is 2. The van der Waals surface area contributed by atoms with Gasteiger partial charge >= 0.3 is 0 Å². The first-order valence-corrected chi connectivity index (χ1v) is 11.7. The highest BCUT2D eigenvalue weighted by Crippen LogP contribution is 2.56. The molecule has 1 unspecified atom stereocenters. The second-order valence-electron chi connectivity index (χ2n) is 8.16. The van der Waals surface area contributed by atoms with E-state index >= 15 is 0 Å². The summed E-state index contributed by atoms with van der Waals surface area (Å²) in [5.41, 5.74) is 15.6. The van der Waals surface area contributed by atoms with Gasteiger partial charge in [0.1, 0.15) is 10.8 Å². The third-order valence-corrected chi connectivity index (χ3v) is 8.35. The smallest absolute Gasteiger partial charge is 0.151 e. The molecule has 1 fully saturated rings. The molecule has 0 bridgehead atoms. The number of rotatable bonds is 3. The summed E-state index contributed by atoms with van der Waals surface area (Å²) in [5, 5.41) is 4.67. The highest BCUT2D eigenvalue weighted by Gasteiger charge is 2.57. The maximum atomic E-state index is 7.27. The van der Waals surface area contributed by atoms with E-state index in [1.54, 1.807) is 18.5 Å². The highest BCUT2D eigenvalue weighted by molar-refractivity contribution is 7.99. The van der Waals surface area contributed by atoms with Crippen molar-refractivity contribution in [3.63, 3.8) is 0 Å². The largest absolute Gasteiger partial charge is 0.384 e. The van der Waals surface area contributed by atoms with Gasteiger partial charge in [-0.05, 0) is 49.5 Å². The Hall–Kier alpha value is -1.90. The summed E-state index contributed by atoms with van der Waals surface area (Å²) in [5.74, 6) is 0.304. The molecule has 31 heavy (non-hydrogen) atoms. The zero-order valence-electron chi connectivity index (χ0n) is 16.7. The lowest BCUT2D eigenvalue weighted by Crippen LogP contribution is -2.55. The number of benzene rings is 1. The third-order valence-electron chi connectivity index (χ3n) is 6.52. The molecule has 0 radical (unpaired) electrons. The molecule has 5 N–H and O–H groups in total. The molecule has 1 saturated heterocycles. The van der Waals surface area contributed by atoms with Crippen LogP contribution in [0.2, 0.25) is 10.2 Å². The van der Waals surface area contributed by atoms with Crippen molar-refractivity contribution < 1.29 is 0 Å². The van der Waals surface area contributed by atoms with Crippen LogP contribution in [0.3, 0.4) is 0 Å². The van der Waals surface area contributed by atoms with Crippen LogP contribution in [0.4, 0.5) is 5.82 Å². The minimum atomic E-state index is -0.677. The van der Waals surface area contributed by atoms with Crippen LogP contribution in [0.25, 0.3) is 0 Å². The zero-order valence-corrected chi connectivity index (χ0v) is 19.1. The predicted molar refractivity (Wildman–Crippen MR) is 124 cm³/mol. The molecule has 1 aliphatic carbocycles. The van der Waals surface area contributed by atoms with Crippen LogP contribution in [0, 0.1) is 5.41 Å². The van der Waals surface area contributed by atoms with E-state index in [4.69, 9.17) is 39.7 Å². The Morgan fingerprint density at radius 1 is 1.06 bits per heavy atom. The van der Waals surface area contributed by atoms with Crippen LogP contribution >= 0.6 is 35.0 Å². The molecule has 1 spiro atoms. The highest BCUT2D eigenvalue weighted by atomic mass is 35.5. The van der Waals surface area contributed by atoms with Crippen LogP contribution < -0.4 is 16.8 Å². The number of nitrogens with zero attached hydrogens (tertiary/aromatic N) is 3. The summed E-state index contributed by atoms with van der Waals surface area (Å²) < 4.78 is 0. The molecule has 2 aromatic heterocycles. The average molecular weight is 473 g/mol. The maximum absolute atomic E-state index is 7.27. The standard InChI is InChI=1S/C22H22Cl2N6S/c23-19-15(9-17(25)30-20(19)24)31-18-12-28-16(11-29-18)22(26)14-4-2-1-3-13(14)10-21(22)5-7-27-8-6-21/h1-4,9,11-12,27H,5-8,10,26H2,(H2,25,30). The fourth-order valence-electron chi connectivity index (χ4n) is 4.99. The van der Waals surface area contributed by atoms with Gasteiger partial charge in [0.25, 0.3) is 0 Å². The van der Waals surface area contributed by atoms with Crippen molar-refractivity contribution in [3.05, 3.63) is 69.7 Å². The van der Waals surface area contributed by atoms with Crippen LogP contribution in [-0.2, 0) is 12.0 Å². The molecule has 2 aliphatic rings. The number of hydrogen-bond donors (Lipinski definition) is 3. The van der Waals surface area contributed by atoms with E-state index in [9.17, 15) is 0 Å². The van der Waals surface area contributed by atoms with Crippen LogP contribution in [0.15, 0.2) is 52.6 Å². The molecule has 160 valence electrons. The van der Waals surface area contributed by atoms with Crippen molar-refractivity contribution in [2.45, 2.75) is 34.7 Å². The van der Waals surface area contributed by atoms with Gasteiger partial charge in [-0.3, -0.25) is 4.98 Å². The molecular formula is C22H22Cl2N6S.